The Labute approximate surface area is 125 Å². The molecule has 1 amide bonds. The van der Waals surface area contributed by atoms with Crippen LogP contribution in [0.25, 0.3) is 0 Å². The summed E-state index contributed by atoms with van der Waals surface area (Å²) >= 11 is 0. The van der Waals surface area contributed by atoms with Crippen LogP contribution < -0.4 is 5.32 Å². The fraction of sp³-hybridized carbons (Fsp3) is 0.250. The average Bonchev–Trinajstić information content (AvgIpc) is 2.44. The number of carbonyl (C=O) groups excluding carboxylic acids is 2. The van der Waals surface area contributed by atoms with E-state index in [1.807, 2.05) is 0 Å². The number of carboxylic acid groups (broad SMARTS) is 1. The maximum absolute atomic E-state index is 12.1. The Bertz CT molecular complexity index is 716. The van der Waals surface area contributed by atoms with Crippen molar-refractivity contribution in [2.45, 2.75) is 12.1 Å². The fourth-order valence-corrected chi connectivity index (χ4v) is 2.65. The predicted octanol–water partition coefficient (Wildman–Crippen LogP) is -1.07. The molecule has 0 unspecified atom stereocenters. The summed E-state index contributed by atoms with van der Waals surface area (Å²) in [6.07, 6.45) is 0. The van der Waals surface area contributed by atoms with E-state index in [0.29, 0.717) is 0 Å². The zero-order valence-corrected chi connectivity index (χ0v) is 11.9. The molecule has 0 aliphatic carbocycles. The maximum atomic E-state index is 12.1. The number of benzene rings is 1. The van der Waals surface area contributed by atoms with E-state index >= 15 is 0 Å². The van der Waals surface area contributed by atoms with Gasteiger partial charge in [0.2, 0.25) is 0 Å². The molecule has 2 rings (SSSR count). The molecule has 1 heterocycles. The first-order valence-corrected chi connectivity index (χ1v) is 7.48. The van der Waals surface area contributed by atoms with Gasteiger partial charge in [-0.25, -0.2) is 4.31 Å². The van der Waals surface area contributed by atoms with E-state index in [1.54, 1.807) is 18.2 Å². The quantitative estimate of drug-likeness (QED) is 0.259. The van der Waals surface area contributed by atoms with Gasteiger partial charge in [0.05, 0.1) is 6.54 Å². The molecule has 118 valence electrons. The SMILES string of the molecule is O=C(O)[C@@H](N[C@H]1CN(S(=O)(=O)O)C1=O)C(=O)c1ccccc1. The van der Waals surface area contributed by atoms with Crippen LogP contribution in [0.5, 0.6) is 0 Å². The molecule has 1 aliphatic heterocycles. The Kier molecular flexibility index (Phi) is 4.26. The second-order valence-electron chi connectivity index (χ2n) is 4.57. The standard InChI is InChI=1S/C12H12N2O7S/c15-10(7-4-2-1-3-5-7)9(12(17)18)13-8-6-14(11(8)16)22(19,20)21/h1-5,8-9,13H,6H2,(H,17,18)(H,19,20,21)/t8-,9-/m0/s1. The molecule has 22 heavy (non-hydrogen) atoms. The average molecular weight is 328 g/mol. The number of carboxylic acids is 1. The summed E-state index contributed by atoms with van der Waals surface area (Å²) in [6.45, 7) is -0.441. The van der Waals surface area contributed by atoms with Gasteiger partial charge in [0, 0.05) is 5.56 Å². The number of nitrogens with zero attached hydrogens (tertiary/aromatic N) is 1. The molecule has 1 saturated heterocycles. The van der Waals surface area contributed by atoms with Gasteiger partial charge in [0.1, 0.15) is 6.04 Å². The van der Waals surface area contributed by atoms with E-state index in [4.69, 9.17) is 9.66 Å². The number of ketones is 1. The monoisotopic (exact) mass is 328 g/mol. The van der Waals surface area contributed by atoms with Crippen LogP contribution in [-0.2, 0) is 19.9 Å². The molecule has 0 saturated carbocycles. The van der Waals surface area contributed by atoms with Crippen molar-refractivity contribution in [3.05, 3.63) is 35.9 Å². The molecule has 2 atom stereocenters. The van der Waals surface area contributed by atoms with E-state index in [-0.39, 0.29) is 9.87 Å². The van der Waals surface area contributed by atoms with Crippen molar-refractivity contribution < 1.29 is 32.5 Å². The summed E-state index contributed by atoms with van der Waals surface area (Å²) in [7, 11) is -4.67. The Balaban J connectivity index is 2.11. The summed E-state index contributed by atoms with van der Waals surface area (Å²) in [5, 5.41) is 11.4. The highest BCUT2D eigenvalue weighted by atomic mass is 32.2. The number of hydrogen-bond donors (Lipinski definition) is 3. The van der Waals surface area contributed by atoms with E-state index in [1.165, 1.54) is 12.1 Å². The van der Waals surface area contributed by atoms with E-state index in [2.05, 4.69) is 5.32 Å². The Hall–Kier alpha value is -2.30. The molecule has 1 aliphatic rings. The summed E-state index contributed by atoms with van der Waals surface area (Å²) in [5.74, 6) is -3.27. The highest BCUT2D eigenvalue weighted by Gasteiger charge is 2.46. The Morgan fingerprint density at radius 1 is 1.27 bits per heavy atom. The van der Waals surface area contributed by atoms with Crippen LogP contribution in [0.1, 0.15) is 10.4 Å². The van der Waals surface area contributed by atoms with Gasteiger partial charge in [0.25, 0.3) is 5.91 Å². The molecule has 9 nitrogen and oxygen atoms in total. The number of rotatable bonds is 6. The van der Waals surface area contributed by atoms with Gasteiger partial charge >= 0.3 is 16.3 Å². The van der Waals surface area contributed by atoms with Gasteiger partial charge in [-0.1, -0.05) is 30.3 Å². The second-order valence-corrected chi connectivity index (χ2v) is 5.90. The molecule has 1 aromatic rings. The van der Waals surface area contributed by atoms with Crippen LogP contribution in [-0.4, -0.2) is 58.7 Å². The Morgan fingerprint density at radius 2 is 1.86 bits per heavy atom. The van der Waals surface area contributed by atoms with Gasteiger partial charge in [0.15, 0.2) is 11.8 Å². The van der Waals surface area contributed by atoms with E-state index < -0.39 is 46.6 Å². The molecule has 0 spiro atoms. The van der Waals surface area contributed by atoms with Gasteiger partial charge in [-0.15, -0.1) is 0 Å². The lowest BCUT2D eigenvalue weighted by Crippen LogP contribution is -2.67. The van der Waals surface area contributed by atoms with Gasteiger partial charge in [-0.2, -0.15) is 8.42 Å². The number of hydrogen-bond acceptors (Lipinski definition) is 6. The molecule has 3 N–H and O–H groups in total. The smallest absolute Gasteiger partial charge is 0.362 e. The number of Topliss-reactive ketones (excluding diaryl/α,β-unsaturated/α-hetero) is 1. The molecule has 0 radical (unpaired) electrons. The molecular weight excluding hydrogens is 316 g/mol. The third kappa shape index (κ3) is 3.13. The van der Waals surface area contributed by atoms with Gasteiger partial charge in [-0.05, 0) is 0 Å². The number of amides is 1. The molecule has 0 bridgehead atoms. The van der Waals surface area contributed by atoms with E-state index in [0.717, 1.165) is 0 Å². The number of β-lactam (4-membered cyclic amide) rings is 1. The second kappa shape index (κ2) is 5.83. The minimum absolute atomic E-state index is 0.140. The maximum Gasteiger partial charge on any atom is 0.362 e. The van der Waals surface area contributed by atoms with Crippen molar-refractivity contribution in [1.29, 1.82) is 0 Å². The van der Waals surface area contributed by atoms with Crippen LogP contribution in [0, 0.1) is 0 Å². The highest BCUT2D eigenvalue weighted by Crippen LogP contribution is 2.15. The lowest BCUT2D eigenvalue weighted by atomic mass is 10.0. The normalized spacial score (nSPS) is 19.4. The van der Waals surface area contributed by atoms with E-state index in [9.17, 15) is 22.8 Å². The first kappa shape index (κ1) is 16.1. The highest BCUT2D eigenvalue weighted by molar-refractivity contribution is 7.84. The van der Waals surface area contributed by atoms with Crippen LogP contribution in [0.15, 0.2) is 30.3 Å². The summed E-state index contributed by atoms with van der Waals surface area (Å²) in [6, 6.07) is 4.75. The van der Waals surface area contributed by atoms with Crippen LogP contribution >= 0.6 is 0 Å². The fourth-order valence-electron chi connectivity index (χ4n) is 1.96. The lowest BCUT2D eigenvalue weighted by Gasteiger charge is -2.36. The first-order chi connectivity index (χ1) is 10.2. The van der Waals surface area contributed by atoms with Crippen molar-refractivity contribution in [3.63, 3.8) is 0 Å². The van der Waals surface area contributed by atoms with Crippen LogP contribution in [0.4, 0.5) is 0 Å². The minimum atomic E-state index is -4.67. The lowest BCUT2D eigenvalue weighted by molar-refractivity contribution is -0.141. The zero-order chi connectivity index (χ0) is 16.5. The third-order valence-electron chi connectivity index (χ3n) is 3.11. The molecule has 1 fully saturated rings. The minimum Gasteiger partial charge on any atom is -0.480 e. The molecule has 0 aromatic heterocycles. The number of nitrogens with one attached hydrogen (secondary N) is 1. The summed E-state index contributed by atoms with van der Waals surface area (Å²) < 4.78 is 30.5. The van der Waals surface area contributed by atoms with Crippen molar-refractivity contribution in [3.8, 4) is 0 Å². The molecule has 10 heteroatoms. The van der Waals surface area contributed by atoms with Crippen molar-refractivity contribution in [2.75, 3.05) is 6.54 Å². The van der Waals surface area contributed by atoms with Gasteiger partial charge in [-0.3, -0.25) is 24.3 Å². The summed E-state index contributed by atoms with van der Waals surface area (Å²) in [5.41, 5.74) is 0.140. The van der Waals surface area contributed by atoms with Crippen molar-refractivity contribution in [2.24, 2.45) is 0 Å². The topological polar surface area (TPSA) is 141 Å². The van der Waals surface area contributed by atoms with Crippen molar-refractivity contribution >= 4 is 28.0 Å². The predicted molar refractivity (Wildman–Crippen MR) is 72.4 cm³/mol. The van der Waals surface area contributed by atoms with Gasteiger partial charge < -0.3 is 5.11 Å². The van der Waals surface area contributed by atoms with Crippen molar-refractivity contribution in [1.82, 2.24) is 9.62 Å². The largest absolute Gasteiger partial charge is 0.480 e. The number of carbonyl (C=O) groups is 3. The summed E-state index contributed by atoms with van der Waals surface area (Å²) in [4.78, 5) is 34.9. The number of aliphatic carboxylic acids is 1. The molecule has 1 aromatic carbocycles. The Morgan fingerprint density at radius 3 is 2.32 bits per heavy atom. The third-order valence-corrected chi connectivity index (χ3v) is 3.99. The van der Waals surface area contributed by atoms with Crippen LogP contribution in [0.3, 0.4) is 0 Å². The molecular formula is C12H12N2O7S. The zero-order valence-electron chi connectivity index (χ0n) is 11.0. The first-order valence-electron chi connectivity index (χ1n) is 6.09. The van der Waals surface area contributed by atoms with Crippen LogP contribution in [0.2, 0.25) is 0 Å².